The lowest BCUT2D eigenvalue weighted by Gasteiger charge is -2.12. The molecule has 1 rings (SSSR count). The molecule has 20 heavy (non-hydrogen) atoms. The van der Waals surface area contributed by atoms with Gasteiger partial charge < -0.3 is 10.5 Å². The average molecular weight is 277 g/mol. The minimum absolute atomic E-state index is 0.508. The SMILES string of the molecule is CC(C)CCCCCCOc1cc(C(C)C)ccc1N. The van der Waals surface area contributed by atoms with Crippen molar-refractivity contribution >= 4 is 5.69 Å². The Morgan fingerprint density at radius 1 is 1.00 bits per heavy atom. The van der Waals surface area contributed by atoms with Gasteiger partial charge in [-0.05, 0) is 36.0 Å². The minimum Gasteiger partial charge on any atom is -0.491 e. The van der Waals surface area contributed by atoms with Crippen molar-refractivity contribution in [3.63, 3.8) is 0 Å². The molecule has 0 unspecified atom stereocenters. The summed E-state index contributed by atoms with van der Waals surface area (Å²) in [5.41, 5.74) is 7.99. The Bertz CT molecular complexity index is 385. The van der Waals surface area contributed by atoms with Crippen molar-refractivity contribution < 1.29 is 4.74 Å². The Hall–Kier alpha value is -1.18. The number of ether oxygens (including phenoxy) is 1. The topological polar surface area (TPSA) is 35.2 Å². The van der Waals surface area contributed by atoms with Crippen molar-refractivity contribution in [2.24, 2.45) is 5.92 Å². The van der Waals surface area contributed by atoms with Crippen LogP contribution in [0, 0.1) is 5.92 Å². The Morgan fingerprint density at radius 3 is 2.35 bits per heavy atom. The Balaban J connectivity index is 2.26. The summed E-state index contributed by atoms with van der Waals surface area (Å²) in [6.07, 6.45) is 6.34. The zero-order chi connectivity index (χ0) is 15.0. The zero-order valence-corrected chi connectivity index (χ0v) is 13.6. The molecule has 0 amide bonds. The molecule has 0 aliphatic heterocycles. The van der Waals surface area contributed by atoms with Crippen LogP contribution in [0.5, 0.6) is 5.75 Å². The van der Waals surface area contributed by atoms with E-state index in [-0.39, 0.29) is 0 Å². The first kappa shape index (κ1) is 16.9. The van der Waals surface area contributed by atoms with Gasteiger partial charge in [-0.3, -0.25) is 0 Å². The van der Waals surface area contributed by atoms with Crippen molar-refractivity contribution in [2.45, 2.75) is 65.7 Å². The van der Waals surface area contributed by atoms with E-state index in [9.17, 15) is 0 Å². The van der Waals surface area contributed by atoms with E-state index in [0.717, 1.165) is 30.4 Å². The Kier molecular flexibility index (Phi) is 7.50. The van der Waals surface area contributed by atoms with Gasteiger partial charge in [-0.15, -0.1) is 0 Å². The maximum absolute atomic E-state index is 5.96. The largest absolute Gasteiger partial charge is 0.491 e. The van der Waals surface area contributed by atoms with Crippen molar-refractivity contribution in [1.82, 2.24) is 0 Å². The lowest BCUT2D eigenvalue weighted by molar-refractivity contribution is 0.305. The highest BCUT2D eigenvalue weighted by Gasteiger charge is 2.05. The molecule has 0 aliphatic carbocycles. The molecular formula is C18H31NO. The molecule has 114 valence electrons. The molecule has 0 saturated heterocycles. The van der Waals surface area contributed by atoms with Crippen LogP contribution >= 0.6 is 0 Å². The number of hydrogen-bond donors (Lipinski definition) is 1. The summed E-state index contributed by atoms with van der Waals surface area (Å²) in [5, 5.41) is 0. The molecule has 0 bridgehead atoms. The number of hydrogen-bond acceptors (Lipinski definition) is 2. The number of rotatable bonds is 9. The highest BCUT2D eigenvalue weighted by molar-refractivity contribution is 5.54. The van der Waals surface area contributed by atoms with E-state index in [4.69, 9.17) is 10.5 Å². The van der Waals surface area contributed by atoms with Crippen molar-refractivity contribution in [3.05, 3.63) is 23.8 Å². The van der Waals surface area contributed by atoms with Gasteiger partial charge in [0.2, 0.25) is 0 Å². The second-order valence-corrected chi connectivity index (χ2v) is 6.40. The molecular weight excluding hydrogens is 246 g/mol. The third-order valence-electron chi connectivity index (χ3n) is 3.64. The van der Waals surface area contributed by atoms with Crippen molar-refractivity contribution in [3.8, 4) is 5.75 Å². The number of benzene rings is 1. The van der Waals surface area contributed by atoms with E-state index in [2.05, 4.69) is 39.8 Å². The van der Waals surface area contributed by atoms with Gasteiger partial charge in [0.15, 0.2) is 0 Å². The molecule has 2 N–H and O–H groups in total. The van der Waals surface area contributed by atoms with Gasteiger partial charge in [0, 0.05) is 0 Å². The fourth-order valence-electron chi connectivity index (χ4n) is 2.23. The summed E-state index contributed by atoms with van der Waals surface area (Å²) in [7, 11) is 0. The molecule has 1 aromatic carbocycles. The molecule has 2 heteroatoms. The van der Waals surface area contributed by atoms with Crippen molar-refractivity contribution in [1.29, 1.82) is 0 Å². The highest BCUT2D eigenvalue weighted by Crippen LogP contribution is 2.26. The fraction of sp³-hybridized carbons (Fsp3) is 0.667. The van der Waals surface area contributed by atoms with Crippen molar-refractivity contribution in [2.75, 3.05) is 12.3 Å². The number of nitrogen functional groups attached to an aromatic ring is 1. The molecule has 0 heterocycles. The van der Waals surface area contributed by atoms with Crippen LogP contribution in [0.25, 0.3) is 0 Å². The normalized spacial score (nSPS) is 11.3. The van der Waals surface area contributed by atoms with Crippen LogP contribution in [0.2, 0.25) is 0 Å². The van der Waals surface area contributed by atoms with Crippen LogP contribution in [-0.2, 0) is 0 Å². The van der Waals surface area contributed by atoms with E-state index in [1.54, 1.807) is 0 Å². The average Bonchev–Trinajstić information content (AvgIpc) is 2.38. The lowest BCUT2D eigenvalue weighted by atomic mass is 10.0. The van der Waals surface area contributed by atoms with Gasteiger partial charge in [0.05, 0.1) is 12.3 Å². The molecule has 0 saturated carbocycles. The van der Waals surface area contributed by atoms with Gasteiger partial charge in [0.25, 0.3) is 0 Å². The second-order valence-electron chi connectivity index (χ2n) is 6.40. The standard InChI is InChI=1S/C18H31NO/c1-14(2)9-7-5-6-8-12-20-18-13-16(15(3)4)10-11-17(18)19/h10-11,13-15H,5-9,12,19H2,1-4H3. The summed E-state index contributed by atoms with van der Waals surface area (Å²) in [4.78, 5) is 0. The van der Waals surface area contributed by atoms with Gasteiger partial charge >= 0.3 is 0 Å². The summed E-state index contributed by atoms with van der Waals surface area (Å²) in [5.74, 6) is 2.18. The maximum atomic E-state index is 5.96. The van der Waals surface area contributed by atoms with Gasteiger partial charge in [-0.25, -0.2) is 0 Å². The number of unbranched alkanes of at least 4 members (excludes halogenated alkanes) is 3. The predicted molar refractivity (Wildman–Crippen MR) is 88.4 cm³/mol. The van der Waals surface area contributed by atoms with Crippen LogP contribution in [0.4, 0.5) is 5.69 Å². The summed E-state index contributed by atoms with van der Waals surface area (Å²) < 4.78 is 5.83. The molecule has 1 aromatic rings. The Labute approximate surface area is 124 Å². The molecule has 0 aliphatic rings. The molecule has 0 radical (unpaired) electrons. The molecule has 0 aromatic heterocycles. The lowest BCUT2D eigenvalue weighted by Crippen LogP contribution is -2.02. The van der Waals surface area contributed by atoms with Crippen LogP contribution in [0.15, 0.2) is 18.2 Å². The second kappa shape index (κ2) is 8.89. The van der Waals surface area contributed by atoms with E-state index in [0.29, 0.717) is 5.92 Å². The number of nitrogens with two attached hydrogens (primary N) is 1. The van der Waals surface area contributed by atoms with Gasteiger partial charge in [-0.2, -0.15) is 0 Å². The number of anilines is 1. The quantitative estimate of drug-likeness (QED) is 0.486. The zero-order valence-electron chi connectivity index (χ0n) is 13.6. The first-order valence-electron chi connectivity index (χ1n) is 8.03. The maximum Gasteiger partial charge on any atom is 0.142 e. The molecule has 0 fully saturated rings. The van der Waals surface area contributed by atoms with E-state index in [1.165, 1.54) is 31.2 Å². The monoisotopic (exact) mass is 277 g/mol. The van der Waals surface area contributed by atoms with E-state index < -0.39 is 0 Å². The van der Waals surface area contributed by atoms with Gasteiger partial charge in [-0.1, -0.05) is 59.4 Å². The van der Waals surface area contributed by atoms with Crippen LogP contribution < -0.4 is 10.5 Å². The first-order valence-corrected chi connectivity index (χ1v) is 8.03. The minimum atomic E-state index is 0.508. The fourth-order valence-corrected chi connectivity index (χ4v) is 2.23. The Morgan fingerprint density at radius 2 is 1.70 bits per heavy atom. The summed E-state index contributed by atoms with van der Waals surface area (Å²) in [6, 6.07) is 6.12. The third kappa shape index (κ3) is 6.31. The van der Waals surface area contributed by atoms with Crippen LogP contribution in [0.3, 0.4) is 0 Å². The highest BCUT2D eigenvalue weighted by atomic mass is 16.5. The van der Waals surface area contributed by atoms with E-state index >= 15 is 0 Å². The third-order valence-corrected chi connectivity index (χ3v) is 3.64. The smallest absolute Gasteiger partial charge is 0.142 e. The van der Waals surface area contributed by atoms with Crippen LogP contribution in [-0.4, -0.2) is 6.61 Å². The van der Waals surface area contributed by atoms with Gasteiger partial charge in [0.1, 0.15) is 5.75 Å². The first-order chi connectivity index (χ1) is 9.50. The summed E-state index contributed by atoms with van der Waals surface area (Å²) >= 11 is 0. The predicted octanol–water partition coefficient (Wildman–Crippen LogP) is 5.38. The summed E-state index contributed by atoms with van der Waals surface area (Å²) in [6.45, 7) is 9.71. The molecule has 0 atom stereocenters. The van der Waals surface area contributed by atoms with Crippen LogP contribution in [0.1, 0.15) is 71.3 Å². The van der Waals surface area contributed by atoms with E-state index in [1.807, 2.05) is 6.07 Å². The molecule has 0 spiro atoms. The molecule has 2 nitrogen and oxygen atoms in total.